The van der Waals surface area contributed by atoms with Crippen LogP contribution in [0, 0.1) is 11.8 Å². The van der Waals surface area contributed by atoms with Crippen LogP contribution in [0.2, 0.25) is 0 Å². The van der Waals surface area contributed by atoms with E-state index >= 15 is 0 Å². The third kappa shape index (κ3) is 3.11. The van der Waals surface area contributed by atoms with Crippen molar-refractivity contribution >= 4 is 17.7 Å². The van der Waals surface area contributed by atoms with Gasteiger partial charge in [0.15, 0.2) is 0 Å². The van der Waals surface area contributed by atoms with Crippen molar-refractivity contribution in [3.8, 4) is 0 Å². The van der Waals surface area contributed by atoms with E-state index in [4.69, 9.17) is 0 Å². The summed E-state index contributed by atoms with van der Waals surface area (Å²) in [6, 6.07) is 5.22. The number of amides is 3. The van der Waals surface area contributed by atoms with Crippen LogP contribution in [0.15, 0.2) is 24.4 Å². The van der Waals surface area contributed by atoms with Gasteiger partial charge in [0, 0.05) is 6.20 Å². The molecule has 122 valence electrons. The molecule has 6 nitrogen and oxygen atoms in total. The fraction of sp³-hybridized carbons (Fsp3) is 0.529. The number of rotatable bonds is 4. The summed E-state index contributed by atoms with van der Waals surface area (Å²) in [7, 11) is 0. The van der Waals surface area contributed by atoms with Gasteiger partial charge in [-0.2, -0.15) is 0 Å². The summed E-state index contributed by atoms with van der Waals surface area (Å²) >= 11 is 0. The van der Waals surface area contributed by atoms with Crippen molar-refractivity contribution in [1.29, 1.82) is 0 Å². The Labute approximate surface area is 135 Å². The summed E-state index contributed by atoms with van der Waals surface area (Å²) in [5.74, 6) is -1.11. The number of likely N-dealkylation sites (tertiary alicyclic amines) is 1. The van der Waals surface area contributed by atoms with Crippen molar-refractivity contribution in [2.45, 2.75) is 38.6 Å². The third-order valence-corrected chi connectivity index (χ3v) is 4.74. The molecule has 0 radical (unpaired) electrons. The van der Waals surface area contributed by atoms with Gasteiger partial charge in [0.05, 0.1) is 23.6 Å². The van der Waals surface area contributed by atoms with Gasteiger partial charge >= 0.3 is 0 Å². The summed E-state index contributed by atoms with van der Waals surface area (Å²) in [6.45, 7) is 1.63. The van der Waals surface area contributed by atoms with Gasteiger partial charge in [0.2, 0.25) is 17.7 Å². The Morgan fingerprint density at radius 3 is 2.48 bits per heavy atom. The normalized spacial score (nSPS) is 25.2. The first-order chi connectivity index (χ1) is 11.1. The Morgan fingerprint density at radius 1 is 1.26 bits per heavy atom. The maximum Gasteiger partial charge on any atom is 0.240 e. The molecule has 1 saturated carbocycles. The standard InChI is InChI=1S/C17H21N3O3/c1-11(14-8-4-5-9-18-14)19-15(21)10-20-16(22)12-6-2-3-7-13(12)17(20)23/h4-5,8-9,11-13H,2-3,6-7,10H2,1H3,(H,19,21). The van der Waals surface area contributed by atoms with Crippen LogP contribution < -0.4 is 5.32 Å². The molecule has 1 aromatic heterocycles. The zero-order valence-electron chi connectivity index (χ0n) is 13.2. The van der Waals surface area contributed by atoms with E-state index in [1.807, 2.05) is 19.1 Å². The second kappa shape index (κ2) is 6.48. The van der Waals surface area contributed by atoms with E-state index in [0.717, 1.165) is 36.3 Å². The van der Waals surface area contributed by atoms with Crippen LogP contribution in [-0.2, 0) is 14.4 Å². The Hall–Kier alpha value is -2.24. The molecule has 1 saturated heterocycles. The molecule has 1 aliphatic heterocycles. The first kappa shape index (κ1) is 15.6. The summed E-state index contributed by atoms with van der Waals surface area (Å²) < 4.78 is 0. The fourth-order valence-corrected chi connectivity index (χ4v) is 3.52. The van der Waals surface area contributed by atoms with Gasteiger partial charge in [-0.25, -0.2) is 0 Å². The lowest BCUT2D eigenvalue weighted by molar-refractivity contribution is -0.143. The Kier molecular flexibility index (Phi) is 4.41. The number of imide groups is 1. The van der Waals surface area contributed by atoms with Crippen LogP contribution in [0.1, 0.15) is 44.3 Å². The quantitative estimate of drug-likeness (QED) is 0.853. The molecule has 3 atom stereocenters. The molecule has 3 unspecified atom stereocenters. The number of hydrogen-bond acceptors (Lipinski definition) is 4. The highest BCUT2D eigenvalue weighted by molar-refractivity contribution is 6.07. The number of carbonyl (C=O) groups excluding carboxylic acids is 3. The van der Waals surface area contributed by atoms with Gasteiger partial charge in [-0.3, -0.25) is 24.3 Å². The minimum atomic E-state index is -0.330. The lowest BCUT2D eigenvalue weighted by Gasteiger charge is -2.19. The Bertz CT molecular complexity index is 593. The average molecular weight is 315 g/mol. The van der Waals surface area contributed by atoms with E-state index in [1.165, 1.54) is 0 Å². The summed E-state index contributed by atoms with van der Waals surface area (Å²) in [4.78, 5) is 42.2. The molecule has 6 heteroatoms. The highest BCUT2D eigenvalue weighted by atomic mass is 16.2. The van der Waals surface area contributed by atoms with Crippen molar-refractivity contribution in [2.75, 3.05) is 6.54 Å². The van der Waals surface area contributed by atoms with Gasteiger partial charge in [-0.05, 0) is 31.9 Å². The van der Waals surface area contributed by atoms with Crippen LogP contribution in [0.4, 0.5) is 0 Å². The van der Waals surface area contributed by atoms with Gasteiger partial charge < -0.3 is 5.32 Å². The summed E-state index contributed by atoms with van der Waals surface area (Å²) in [6.07, 6.45) is 5.15. The predicted octanol–water partition coefficient (Wildman–Crippen LogP) is 1.43. The number of fused-ring (bicyclic) bond motifs is 1. The fourth-order valence-electron chi connectivity index (χ4n) is 3.52. The van der Waals surface area contributed by atoms with E-state index in [1.54, 1.807) is 12.3 Å². The average Bonchev–Trinajstić information content (AvgIpc) is 2.81. The smallest absolute Gasteiger partial charge is 0.240 e. The number of hydrogen-bond donors (Lipinski definition) is 1. The Balaban J connectivity index is 1.61. The largest absolute Gasteiger partial charge is 0.346 e. The molecule has 0 spiro atoms. The number of pyridine rings is 1. The first-order valence-electron chi connectivity index (χ1n) is 8.13. The van der Waals surface area contributed by atoms with Gasteiger partial charge in [0.1, 0.15) is 6.54 Å². The molecule has 1 aliphatic carbocycles. The van der Waals surface area contributed by atoms with E-state index < -0.39 is 0 Å². The molecule has 2 fully saturated rings. The lowest BCUT2D eigenvalue weighted by Crippen LogP contribution is -2.41. The van der Waals surface area contributed by atoms with Crippen molar-refractivity contribution in [3.05, 3.63) is 30.1 Å². The topological polar surface area (TPSA) is 79.4 Å². The maximum absolute atomic E-state index is 12.4. The third-order valence-electron chi connectivity index (χ3n) is 4.74. The van der Waals surface area contributed by atoms with Crippen LogP contribution >= 0.6 is 0 Å². The van der Waals surface area contributed by atoms with Crippen molar-refractivity contribution < 1.29 is 14.4 Å². The van der Waals surface area contributed by atoms with Gasteiger partial charge in [0.25, 0.3) is 0 Å². The number of carbonyl (C=O) groups is 3. The first-order valence-corrected chi connectivity index (χ1v) is 8.13. The molecule has 3 amide bonds. The minimum Gasteiger partial charge on any atom is -0.346 e. The van der Waals surface area contributed by atoms with Gasteiger partial charge in [-0.15, -0.1) is 0 Å². The zero-order chi connectivity index (χ0) is 16.4. The molecule has 1 aromatic rings. The molecule has 2 aliphatic rings. The molecule has 2 heterocycles. The van der Waals surface area contributed by atoms with Crippen molar-refractivity contribution in [2.24, 2.45) is 11.8 Å². The van der Waals surface area contributed by atoms with Crippen LogP contribution in [0.5, 0.6) is 0 Å². The molecular formula is C17H21N3O3. The maximum atomic E-state index is 12.4. The van der Waals surface area contributed by atoms with E-state index in [2.05, 4.69) is 10.3 Å². The highest BCUT2D eigenvalue weighted by Crippen LogP contribution is 2.37. The number of nitrogens with one attached hydrogen (secondary N) is 1. The molecule has 0 aromatic carbocycles. The van der Waals surface area contributed by atoms with Crippen LogP contribution in [-0.4, -0.2) is 34.2 Å². The number of nitrogens with zero attached hydrogens (tertiary/aromatic N) is 2. The number of aromatic nitrogens is 1. The summed E-state index contributed by atoms with van der Waals surface area (Å²) in [5.41, 5.74) is 0.744. The zero-order valence-corrected chi connectivity index (χ0v) is 13.2. The van der Waals surface area contributed by atoms with Crippen LogP contribution in [0.3, 0.4) is 0 Å². The van der Waals surface area contributed by atoms with E-state index in [9.17, 15) is 14.4 Å². The lowest BCUT2D eigenvalue weighted by atomic mass is 9.81. The van der Waals surface area contributed by atoms with Crippen molar-refractivity contribution in [3.63, 3.8) is 0 Å². The molecule has 3 rings (SSSR count). The molecule has 0 bridgehead atoms. The van der Waals surface area contributed by atoms with Gasteiger partial charge in [-0.1, -0.05) is 18.9 Å². The predicted molar refractivity (Wildman–Crippen MR) is 83.0 cm³/mol. The molecule has 1 N–H and O–H groups in total. The molecule has 23 heavy (non-hydrogen) atoms. The monoisotopic (exact) mass is 315 g/mol. The van der Waals surface area contributed by atoms with Crippen LogP contribution in [0.25, 0.3) is 0 Å². The SMILES string of the molecule is CC(NC(=O)CN1C(=O)C2CCCCC2C1=O)c1ccccn1. The van der Waals surface area contributed by atoms with E-state index in [0.29, 0.717) is 0 Å². The minimum absolute atomic E-state index is 0.180. The second-order valence-corrected chi connectivity index (χ2v) is 6.30. The Morgan fingerprint density at radius 2 is 1.91 bits per heavy atom. The summed E-state index contributed by atoms with van der Waals surface area (Å²) in [5, 5.41) is 2.80. The van der Waals surface area contributed by atoms with Crippen molar-refractivity contribution in [1.82, 2.24) is 15.2 Å². The molecular weight excluding hydrogens is 294 g/mol. The second-order valence-electron chi connectivity index (χ2n) is 6.30. The highest BCUT2D eigenvalue weighted by Gasteiger charge is 2.48. The van der Waals surface area contributed by atoms with E-state index in [-0.39, 0.29) is 42.1 Å².